The van der Waals surface area contributed by atoms with E-state index in [0.717, 1.165) is 22.6 Å². The first-order valence-corrected chi connectivity index (χ1v) is 9.74. The predicted molar refractivity (Wildman–Crippen MR) is 111 cm³/mol. The Hall–Kier alpha value is -2.05. The summed E-state index contributed by atoms with van der Waals surface area (Å²) in [6.45, 7) is 12.2. The molecule has 0 aliphatic carbocycles. The zero-order chi connectivity index (χ0) is 20.7. The van der Waals surface area contributed by atoms with Crippen LogP contribution in [0.2, 0.25) is 0 Å². The second kappa shape index (κ2) is 7.41. The molecule has 1 saturated heterocycles. The lowest BCUT2D eigenvalue weighted by molar-refractivity contribution is -0.140. The van der Waals surface area contributed by atoms with Crippen molar-refractivity contribution in [2.24, 2.45) is 0 Å². The molecule has 0 amide bonds. The van der Waals surface area contributed by atoms with Gasteiger partial charge < -0.3 is 18.6 Å². The Balaban J connectivity index is 2.04. The average molecular weight is 383 g/mol. The zero-order valence-electron chi connectivity index (χ0n) is 17.9. The van der Waals surface area contributed by atoms with Gasteiger partial charge in [0.15, 0.2) is 0 Å². The lowest BCUT2D eigenvalue weighted by atomic mass is 9.66. The SMILES string of the molecule is COC(=O)CC(B1OC(C)(C)C(C)(C)O1)c1cc(C)n(-c2ccccc2)c1C. The van der Waals surface area contributed by atoms with Crippen LogP contribution in [0, 0.1) is 13.8 Å². The number of carbonyl (C=O) groups is 1. The van der Waals surface area contributed by atoms with E-state index in [1.807, 2.05) is 45.9 Å². The first-order valence-electron chi connectivity index (χ1n) is 9.74. The van der Waals surface area contributed by atoms with Gasteiger partial charge in [-0.25, -0.2) is 0 Å². The minimum atomic E-state index is -0.520. The fourth-order valence-electron chi connectivity index (χ4n) is 3.81. The summed E-state index contributed by atoms with van der Waals surface area (Å²) in [5, 5.41) is 0. The first-order chi connectivity index (χ1) is 13.1. The molecular formula is C22H30BNO4. The third kappa shape index (κ3) is 3.63. The molecule has 1 unspecified atom stereocenters. The molecule has 0 radical (unpaired) electrons. The van der Waals surface area contributed by atoms with Crippen LogP contribution >= 0.6 is 0 Å². The van der Waals surface area contributed by atoms with Gasteiger partial charge in [-0.1, -0.05) is 18.2 Å². The maximum Gasteiger partial charge on any atom is 0.466 e. The highest BCUT2D eigenvalue weighted by molar-refractivity contribution is 6.48. The second-order valence-corrected chi connectivity index (χ2v) is 8.51. The summed E-state index contributed by atoms with van der Waals surface area (Å²) in [4.78, 5) is 12.2. The summed E-state index contributed by atoms with van der Waals surface area (Å²) < 4.78 is 19.8. The number of esters is 1. The van der Waals surface area contributed by atoms with E-state index in [0.29, 0.717) is 0 Å². The first kappa shape index (κ1) is 20.7. The van der Waals surface area contributed by atoms with Crippen LogP contribution in [0.25, 0.3) is 5.69 Å². The maximum absolute atomic E-state index is 12.2. The van der Waals surface area contributed by atoms with Crippen molar-refractivity contribution in [3.8, 4) is 5.69 Å². The van der Waals surface area contributed by atoms with Gasteiger partial charge in [0.05, 0.1) is 24.7 Å². The van der Waals surface area contributed by atoms with Crippen LogP contribution in [0.3, 0.4) is 0 Å². The van der Waals surface area contributed by atoms with Gasteiger partial charge in [-0.05, 0) is 65.3 Å². The molecular weight excluding hydrogens is 353 g/mol. The number of carbonyl (C=O) groups excluding carboxylic acids is 1. The lowest BCUT2D eigenvalue weighted by Gasteiger charge is -2.32. The molecule has 1 aromatic carbocycles. The number of methoxy groups -OCH3 is 1. The summed E-state index contributed by atoms with van der Waals surface area (Å²) in [6, 6.07) is 12.3. The number of benzene rings is 1. The van der Waals surface area contributed by atoms with Crippen LogP contribution in [0.15, 0.2) is 36.4 Å². The molecule has 28 heavy (non-hydrogen) atoms. The van der Waals surface area contributed by atoms with E-state index in [4.69, 9.17) is 14.0 Å². The van der Waals surface area contributed by atoms with Crippen LogP contribution < -0.4 is 0 Å². The second-order valence-electron chi connectivity index (χ2n) is 8.51. The third-order valence-corrected chi connectivity index (χ3v) is 6.10. The van der Waals surface area contributed by atoms with Gasteiger partial charge in [0.25, 0.3) is 0 Å². The van der Waals surface area contributed by atoms with Crippen molar-refractivity contribution < 1.29 is 18.8 Å². The van der Waals surface area contributed by atoms with Crippen molar-refractivity contribution in [3.63, 3.8) is 0 Å². The summed E-state index contributed by atoms with van der Waals surface area (Å²) in [5.74, 6) is -0.526. The van der Waals surface area contributed by atoms with Gasteiger partial charge >= 0.3 is 13.1 Å². The molecule has 0 bridgehead atoms. The van der Waals surface area contributed by atoms with E-state index in [9.17, 15) is 4.79 Å². The Bertz CT molecular complexity index is 841. The van der Waals surface area contributed by atoms with Crippen LogP contribution in [0.5, 0.6) is 0 Å². The molecule has 1 aliphatic rings. The fraction of sp³-hybridized carbons (Fsp3) is 0.500. The highest BCUT2D eigenvalue weighted by atomic mass is 16.7. The number of hydrogen-bond donors (Lipinski definition) is 0. The van der Waals surface area contributed by atoms with Gasteiger partial charge in [0.2, 0.25) is 0 Å². The maximum atomic E-state index is 12.2. The third-order valence-electron chi connectivity index (χ3n) is 6.10. The van der Waals surface area contributed by atoms with Crippen molar-refractivity contribution in [3.05, 3.63) is 53.3 Å². The van der Waals surface area contributed by atoms with Crippen LogP contribution in [-0.2, 0) is 18.8 Å². The number of hydrogen-bond acceptors (Lipinski definition) is 4. The van der Waals surface area contributed by atoms with Crippen LogP contribution in [0.4, 0.5) is 0 Å². The van der Waals surface area contributed by atoms with E-state index in [-0.39, 0.29) is 18.2 Å². The molecule has 6 heteroatoms. The van der Waals surface area contributed by atoms with E-state index in [2.05, 4.69) is 36.6 Å². The van der Waals surface area contributed by atoms with Crippen LogP contribution in [-0.4, -0.2) is 36.0 Å². The smallest absolute Gasteiger partial charge is 0.466 e. The largest absolute Gasteiger partial charge is 0.469 e. The van der Waals surface area contributed by atoms with E-state index < -0.39 is 18.3 Å². The number of aryl methyl sites for hydroxylation is 1. The Labute approximate surface area is 168 Å². The minimum Gasteiger partial charge on any atom is -0.469 e. The normalized spacial score (nSPS) is 18.9. The molecule has 5 nitrogen and oxygen atoms in total. The highest BCUT2D eigenvalue weighted by Gasteiger charge is 2.54. The van der Waals surface area contributed by atoms with Crippen molar-refractivity contribution in [2.45, 2.75) is 65.0 Å². The molecule has 0 saturated carbocycles. The van der Waals surface area contributed by atoms with E-state index >= 15 is 0 Å². The Morgan fingerprint density at radius 1 is 1.11 bits per heavy atom. The molecule has 1 aromatic heterocycles. The molecule has 0 N–H and O–H groups in total. The van der Waals surface area contributed by atoms with Gasteiger partial charge in [0.1, 0.15) is 0 Å². The van der Waals surface area contributed by atoms with Gasteiger partial charge in [0, 0.05) is 22.9 Å². The standard InChI is InChI=1S/C22H30BNO4/c1-15-13-18(16(2)24(15)17-11-9-8-10-12-17)19(14-20(25)26-7)23-27-21(3,4)22(5,6)28-23/h8-13,19H,14H2,1-7H3. The number of aromatic nitrogens is 1. The molecule has 2 aromatic rings. The number of nitrogens with zero attached hydrogens (tertiary/aromatic N) is 1. The Morgan fingerprint density at radius 3 is 2.21 bits per heavy atom. The fourth-order valence-corrected chi connectivity index (χ4v) is 3.81. The topological polar surface area (TPSA) is 49.7 Å². The van der Waals surface area contributed by atoms with Gasteiger partial charge in [-0.2, -0.15) is 0 Å². The summed E-state index contributed by atoms with van der Waals surface area (Å²) in [7, 11) is 0.894. The molecule has 2 heterocycles. The Morgan fingerprint density at radius 2 is 1.68 bits per heavy atom. The molecule has 150 valence electrons. The molecule has 1 fully saturated rings. The zero-order valence-corrected chi connectivity index (χ0v) is 17.9. The summed E-state index contributed by atoms with van der Waals surface area (Å²) in [5.41, 5.74) is 3.39. The van der Waals surface area contributed by atoms with Crippen molar-refractivity contribution >= 4 is 13.1 Å². The van der Waals surface area contributed by atoms with Crippen molar-refractivity contribution in [1.82, 2.24) is 4.57 Å². The monoisotopic (exact) mass is 383 g/mol. The number of ether oxygens (including phenoxy) is 1. The molecule has 0 spiro atoms. The van der Waals surface area contributed by atoms with Crippen molar-refractivity contribution in [2.75, 3.05) is 7.11 Å². The number of para-hydroxylation sites is 1. The Kier molecular flexibility index (Phi) is 5.48. The minimum absolute atomic E-state index is 0.201. The van der Waals surface area contributed by atoms with E-state index in [1.54, 1.807) is 0 Å². The van der Waals surface area contributed by atoms with Crippen LogP contribution in [0.1, 0.15) is 56.9 Å². The highest BCUT2D eigenvalue weighted by Crippen LogP contribution is 2.43. The molecule has 3 rings (SSSR count). The molecule has 1 aliphatic heterocycles. The lowest BCUT2D eigenvalue weighted by Crippen LogP contribution is -2.41. The molecule has 1 atom stereocenters. The predicted octanol–water partition coefficient (Wildman–Crippen LogP) is 4.37. The van der Waals surface area contributed by atoms with E-state index in [1.165, 1.54) is 7.11 Å². The average Bonchev–Trinajstić information content (AvgIpc) is 3.04. The van der Waals surface area contributed by atoms with Gasteiger partial charge in [-0.3, -0.25) is 4.79 Å². The quantitative estimate of drug-likeness (QED) is 0.568. The van der Waals surface area contributed by atoms with Gasteiger partial charge in [-0.15, -0.1) is 0 Å². The summed E-state index contributed by atoms with van der Waals surface area (Å²) >= 11 is 0. The van der Waals surface area contributed by atoms with Crippen molar-refractivity contribution in [1.29, 1.82) is 0 Å². The number of rotatable bonds is 5. The summed E-state index contributed by atoms with van der Waals surface area (Å²) in [6.07, 6.45) is 0.201.